The number of morpholine rings is 1. The van der Waals surface area contributed by atoms with Crippen LogP contribution in [-0.2, 0) is 9.53 Å². The molecule has 28 heavy (non-hydrogen) atoms. The Morgan fingerprint density at radius 2 is 1.75 bits per heavy atom. The first-order chi connectivity index (χ1) is 13.4. The fraction of sp³-hybridized carbons (Fsp3) is 0.682. The van der Waals surface area contributed by atoms with E-state index in [9.17, 15) is 9.18 Å². The van der Waals surface area contributed by atoms with E-state index in [4.69, 9.17) is 27.9 Å². The van der Waals surface area contributed by atoms with Gasteiger partial charge in [-0.3, -0.25) is 4.79 Å². The standard InChI is InChI=1S/C22H26Cl2FNO2/c23-17-7-18(24)19(25)6-16(17)20-12-26(1-2-28-20)21(27)11-22-8-13-3-14(9-22)5-15(4-13)10-22/h6-7,13-15,20H,1-5,8-12H2. The maximum Gasteiger partial charge on any atom is 0.223 e. The SMILES string of the molecule is O=C(CC12CC3CC(CC(C3)C1)C2)N1CCOC(c2cc(F)c(Cl)cc2Cl)C1. The molecule has 0 aromatic heterocycles. The number of hydrogen-bond acceptors (Lipinski definition) is 2. The minimum Gasteiger partial charge on any atom is -0.370 e. The van der Waals surface area contributed by atoms with Gasteiger partial charge in [0.15, 0.2) is 0 Å². The third-order valence-corrected chi connectivity index (χ3v) is 8.11. The molecule has 1 aromatic rings. The molecule has 4 saturated carbocycles. The number of ether oxygens (including phenoxy) is 1. The van der Waals surface area contributed by atoms with Gasteiger partial charge in [0.2, 0.25) is 5.91 Å². The van der Waals surface area contributed by atoms with Gasteiger partial charge in [-0.05, 0) is 73.8 Å². The van der Waals surface area contributed by atoms with Crippen LogP contribution in [0, 0.1) is 29.0 Å². The smallest absolute Gasteiger partial charge is 0.223 e. The maximum atomic E-state index is 13.9. The van der Waals surface area contributed by atoms with Crippen molar-refractivity contribution in [2.75, 3.05) is 19.7 Å². The Hall–Kier alpha value is -0.840. The van der Waals surface area contributed by atoms with E-state index in [2.05, 4.69) is 0 Å². The van der Waals surface area contributed by atoms with Gasteiger partial charge < -0.3 is 9.64 Å². The van der Waals surface area contributed by atoms with Crippen molar-refractivity contribution in [3.05, 3.63) is 33.6 Å². The fourth-order valence-electron chi connectivity index (χ4n) is 6.79. The molecule has 0 radical (unpaired) electrons. The number of benzene rings is 1. The average molecular weight is 426 g/mol. The second-order valence-electron chi connectivity index (χ2n) is 9.58. The maximum absolute atomic E-state index is 13.9. The first-order valence-electron chi connectivity index (χ1n) is 10.4. The molecule has 5 aliphatic rings. The van der Waals surface area contributed by atoms with Crippen molar-refractivity contribution < 1.29 is 13.9 Å². The van der Waals surface area contributed by atoms with Gasteiger partial charge in [0.25, 0.3) is 0 Å². The molecule has 1 heterocycles. The van der Waals surface area contributed by atoms with E-state index >= 15 is 0 Å². The minimum atomic E-state index is -0.512. The van der Waals surface area contributed by atoms with Gasteiger partial charge >= 0.3 is 0 Å². The van der Waals surface area contributed by atoms with Crippen LogP contribution in [0.5, 0.6) is 0 Å². The lowest BCUT2D eigenvalue weighted by atomic mass is 9.49. The largest absolute Gasteiger partial charge is 0.370 e. The molecular weight excluding hydrogens is 400 g/mol. The molecule has 1 atom stereocenters. The molecule has 152 valence electrons. The predicted octanol–water partition coefficient (Wildman–Crippen LogP) is 5.64. The first kappa shape index (κ1) is 19.1. The van der Waals surface area contributed by atoms with Crippen molar-refractivity contribution in [3.8, 4) is 0 Å². The van der Waals surface area contributed by atoms with Crippen LogP contribution in [0.1, 0.15) is 56.6 Å². The van der Waals surface area contributed by atoms with E-state index in [-0.39, 0.29) is 16.3 Å². The second kappa shape index (κ2) is 7.14. The second-order valence-corrected chi connectivity index (χ2v) is 10.4. The Balaban J connectivity index is 1.29. The number of rotatable bonds is 3. The van der Waals surface area contributed by atoms with E-state index in [0.29, 0.717) is 36.7 Å². The van der Waals surface area contributed by atoms with E-state index < -0.39 is 11.9 Å². The van der Waals surface area contributed by atoms with Crippen molar-refractivity contribution in [2.45, 2.75) is 51.0 Å². The summed E-state index contributed by atoms with van der Waals surface area (Å²) in [5, 5.41) is 0.381. The highest BCUT2D eigenvalue weighted by molar-refractivity contribution is 6.35. The molecule has 3 nitrogen and oxygen atoms in total. The molecule has 5 fully saturated rings. The molecule has 1 amide bonds. The predicted molar refractivity (Wildman–Crippen MR) is 107 cm³/mol. The lowest BCUT2D eigenvalue weighted by molar-refractivity contribution is -0.146. The summed E-state index contributed by atoms with van der Waals surface area (Å²) in [6.45, 7) is 1.46. The van der Waals surface area contributed by atoms with Crippen molar-refractivity contribution in [2.24, 2.45) is 23.2 Å². The third kappa shape index (κ3) is 3.46. The van der Waals surface area contributed by atoms with E-state index in [1.807, 2.05) is 4.90 Å². The first-order valence-corrected chi connectivity index (χ1v) is 11.2. The van der Waals surface area contributed by atoms with Gasteiger partial charge in [-0.1, -0.05) is 23.2 Å². The van der Waals surface area contributed by atoms with Crippen molar-refractivity contribution >= 4 is 29.1 Å². The number of hydrogen-bond donors (Lipinski definition) is 0. The summed E-state index contributed by atoms with van der Waals surface area (Å²) in [5.41, 5.74) is 0.791. The van der Waals surface area contributed by atoms with Crippen molar-refractivity contribution in [1.29, 1.82) is 0 Å². The summed E-state index contributed by atoms with van der Waals surface area (Å²) in [5.74, 6) is 2.23. The summed E-state index contributed by atoms with van der Waals surface area (Å²) in [6.07, 6.45) is 8.08. The Morgan fingerprint density at radius 3 is 2.39 bits per heavy atom. The van der Waals surface area contributed by atoms with Crippen LogP contribution in [0.25, 0.3) is 0 Å². The molecule has 1 unspecified atom stereocenters. The van der Waals surface area contributed by atoms with Crippen LogP contribution >= 0.6 is 23.2 Å². The molecule has 0 N–H and O–H groups in total. The number of amides is 1. The number of carbonyl (C=O) groups is 1. The van der Waals surface area contributed by atoms with E-state index in [0.717, 1.165) is 17.8 Å². The monoisotopic (exact) mass is 425 g/mol. The van der Waals surface area contributed by atoms with Gasteiger partial charge in [0, 0.05) is 23.6 Å². The molecule has 6 rings (SSSR count). The number of carbonyl (C=O) groups excluding carboxylic acids is 1. The quantitative estimate of drug-likeness (QED) is 0.586. The number of nitrogens with zero attached hydrogens (tertiary/aromatic N) is 1. The Bertz CT molecular complexity index is 764. The Kier molecular flexibility index (Phi) is 4.88. The molecule has 6 heteroatoms. The zero-order valence-electron chi connectivity index (χ0n) is 15.9. The molecule has 0 spiro atoms. The minimum absolute atomic E-state index is 0.000641. The molecule has 1 aliphatic heterocycles. The summed E-state index contributed by atoms with van der Waals surface area (Å²) < 4.78 is 19.8. The molecule has 1 aromatic carbocycles. The fourth-order valence-corrected chi connectivity index (χ4v) is 7.29. The summed E-state index contributed by atoms with van der Waals surface area (Å²) in [6, 6.07) is 2.75. The van der Waals surface area contributed by atoms with E-state index in [1.165, 1.54) is 50.7 Å². The van der Waals surface area contributed by atoms with Crippen LogP contribution in [0.15, 0.2) is 12.1 Å². The molecule has 1 saturated heterocycles. The topological polar surface area (TPSA) is 29.5 Å². The van der Waals surface area contributed by atoms with Gasteiger partial charge in [-0.25, -0.2) is 4.39 Å². The molecule has 4 bridgehead atoms. The normalized spacial score (nSPS) is 36.8. The average Bonchev–Trinajstić information content (AvgIpc) is 2.63. The lowest BCUT2D eigenvalue weighted by Crippen LogP contribution is -2.50. The van der Waals surface area contributed by atoms with Crippen LogP contribution < -0.4 is 0 Å². The molecular formula is C22H26Cl2FNO2. The zero-order chi connectivity index (χ0) is 19.5. The lowest BCUT2D eigenvalue weighted by Gasteiger charge is -2.57. The van der Waals surface area contributed by atoms with Crippen molar-refractivity contribution in [3.63, 3.8) is 0 Å². The summed E-state index contributed by atoms with van der Waals surface area (Å²) in [4.78, 5) is 15.1. The Morgan fingerprint density at radius 1 is 1.11 bits per heavy atom. The van der Waals surface area contributed by atoms with Crippen LogP contribution in [-0.4, -0.2) is 30.5 Å². The van der Waals surface area contributed by atoms with E-state index in [1.54, 1.807) is 0 Å². The third-order valence-electron chi connectivity index (χ3n) is 7.50. The highest BCUT2D eigenvalue weighted by Crippen LogP contribution is 2.61. The summed E-state index contributed by atoms with van der Waals surface area (Å²) in [7, 11) is 0. The van der Waals surface area contributed by atoms with Crippen LogP contribution in [0.3, 0.4) is 0 Å². The highest BCUT2D eigenvalue weighted by Gasteiger charge is 2.51. The van der Waals surface area contributed by atoms with Gasteiger partial charge in [0.1, 0.15) is 11.9 Å². The molecule has 4 aliphatic carbocycles. The Labute approximate surface area is 175 Å². The van der Waals surface area contributed by atoms with Crippen molar-refractivity contribution in [1.82, 2.24) is 4.90 Å². The van der Waals surface area contributed by atoms with Gasteiger partial charge in [-0.2, -0.15) is 0 Å². The zero-order valence-corrected chi connectivity index (χ0v) is 17.4. The van der Waals surface area contributed by atoms with Gasteiger partial charge in [0.05, 0.1) is 18.2 Å². The highest BCUT2D eigenvalue weighted by atomic mass is 35.5. The van der Waals surface area contributed by atoms with Gasteiger partial charge in [-0.15, -0.1) is 0 Å². The summed E-state index contributed by atoms with van der Waals surface area (Å²) >= 11 is 12.1. The van der Waals surface area contributed by atoms with Crippen LogP contribution in [0.4, 0.5) is 4.39 Å². The van der Waals surface area contributed by atoms with Crippen LogP contribution in [0.2, 0.25) is 10.0 Å². The number of halogens is 3.